The molecule has 0 spiro atoms. The van der Waals surface area contributed by atoms with E-state index in [0.29, 0.717) is 18.8 Å². The lowest BCUT2D eigenvalue weighted by atomic mass is 9.76. The van der Waals surface area contributed by atoms with Crippen LogP contribution in [0.25, 0.3) is 0 Å². The molecule has 1 fully saturated rings. The lowest BCUT2D eigenvalue weighted by Crippen LogP contribution is -2.62. The van der Waals surface area contributed by atoms with E-state index in [1.54, 1.807) is 0 Å². The summed E-state index contributed by atoms with van der Waals surface area (Å²) in [5.41, 5.74) is 4.07. The van der Waals surface area contributed by atoms with Crippen LogP contribution in [-0.2, 0) is 9.59 Å². The Balaban J connectivity index is 2.89. The van der Waals surface area contributed by atoms with Crippen LogP contribution in [0.2, 0.25) is 0 Å². The van der Waals surface area contributed by atoms with Crippen molar-refractivity contribution in [2.75, 3.05) is 7.05 Å². The molecule has 1 amide bonds. The molecule has 0 saturated heterocycles. The Labute approximate surface area is 108 Å². The fourth-order valence-electron chi connectivity index (χ4n) is 2.52. The summed E-state index contributed by atoms with van der Waals surface area (Å²) in [4.78, 5) is 24.9. The molecule has 104 valence electrons. The fourth-order valence-corrected chi connectivity index (χ4v) is 2.52. The van der Waals surface area contributed by atoms with Crippen molar-refractivity contribution in [3.63, 3.8) is 0 Å². The first-order valence-corrected chi connectivity index (χ1v) is 6.42. The number of likely N-dealkylation sites (N-methyl/N-ethyl adjacent to an activating group) is 1. The summed E-state index contributed by atoms with van der Waals surface area (Å²) in [6.45, 7) is 5.11. The van der Waals surface area contributed by atoms with Gasteiger partial charge in [-0.15, -0.1) is 0 Å². The third kappa shape index (κ3) is 2.66. The van der Waals surface area contributed by atoms with Crippen LogP contribution >= 0.6 is 0 Å². The van der Waals surface area contributed by atoms with Gasteiger partial charge in [0.15, 0.2) is 0 Å². The van der Waals surface area contributed by atoms with Gasteiger partial charge >= 0.3 is 5.97 Å². The second kappa shape index (κ2) is 4.88. The minimum Gasteiger partial charge on any atom is -0.480 e. The predicted molar refractivity (Wildman–Crippen MR) is 69.0 cm³/mol. The maximum Gasteiger partial charge on any atom is 0.329 e. The van der Waals surface area contributed by atoms with Crippen molar-refractivity contribution < 1.29 is 14.7 Å². The average molecular weight is 256 g/mol. The molecule has 1 saturated carbocycles. The van der Waals surface area contributed by atoms with Crippen molar-refractivity contribution in [1.29, 1.82) is 0 Å². The van der Waals surface area contributed by atoms with Crippen molar-refractivity contribution in [2.24, 2.45) is 11.7 Å². The average Bonchev–Trinajstić information content (AvgIpc) is 2.26. The quantitative estimate of drug-likeness (QED) is 0.795. The molecule has 0 heterocycles. The molecule has 0 aromatic heterocycles. The number of carbonyl (C=O) groups is 2. The number of amides is 1. The van der Waals surface area contributed by atoms with Gasteiger partial charge in [0.05, 0.1) is 5.54 Å². The van der Waals surface area contributed by atoms with Crippen LogP contribution < -0.4 is 5.73 Å². The van der Waals surface area contributed by atoms with Crippen molar-refractivity contribution in [3.8, 4) is 0 Å². The summed E-state index contributed by atoms with van der Waals surface area (Å²) in [5, 5.41) is 9.16. The van der Waals surface area contributed by atoms with E-state index in [1.807, 2.05) is 0 Å². The molecule has 0 aromatic carbocycles. The number of hydrogen-bond acceptors (Lipinski definition) is 3. The highest BCUT2D eigenvalue weighted by atomic mass is 16.4. The molecule has 1 aliphatic rings. The largest absolute Gasteiger partial charge is 0.480 e. The topological polar surface area (TPSA) is 83.6 Å². The number of hydrogen-bond donors (Lipinski definition) is 2. The van der Waals surface area contributed by atoms with Crippen molar-refractivity contribution in [1.82, 2.24) is 4.90 Å². The summed E-state index contributed by atoms with van der Waals surface area (Å²) < 4.78 is 0. The van der Waals surface area contributed by atoms with Gasteiger partial charge in [-0.25, -0.2) is 4.79 Å². The predicted octanol–water partition coefficient (Wildman–Crippen LogP) is 1.22. The number of aliphatic carboxylic acids is 1. The van der Waals surface area contributed by atoms with Crippen molar-refractivity contribution in [2.45, 2.75) is 57.5 Å². The van der Waals surface area contributed by atoms with Crippen molar-refractivity contribution in [3.05, 3.63) is 0 Å². The van der Waals surface area contributed by atoms with E-state index in [4.69, 9.17) is 10.8 Å². The lowest BCUT2D eigenvalue weighted by Gasteiger charge is -2.42. The smallest absolute Gasteiger partial charge is 0.329 e. The number of rotatable bonds is 3. The minimum absolute atomic E-state index is 0.263. The highest BCUT2D eigenvalue weighted by molar-refractivity contribution is 5.91. The number of carboxylic acids is 1. The number of carboxylic acid groups (broad SMARTS) is 1. The number of carbonyl (C=O) groups excluding carboxylic acids is 1. The Morgan fingerprint density at radius 2 is 2.00 bits per heavy atom. The number of nitrogens with zero attached hydrogens (tertiary/aromatic N) is 1. The van der Waals surface area contributed by atoms with E-state index < -0.39 is 17.0 Å². The molecule has 2 unspecified atom stereocenters. The Hall–Kier alpha value is -1.10. The molecule has 3 N–H and O–H groups in total. The Morgan fingerprint density at radius 1 is 1.44 bits per heavy atom. The van der Waals surface area contributed by atoms with E-state index in [1.165, 1.54) is 25.8 Å². The first kappa shape index (κ1) is 15.0. The summed E-state index contributed by atoms with van der Waals surface area (Å²) in [6, 6.07) is 0. The number of nitrogens with two attached hydrogens (primary N) is 1. The molecule has 0 aromatic rings. The molecule has 5 heteroatoms. The molecule has 5 nitrogen and oxygen atoms in total. The molecule has 18 heavy (non-hydrogen) atoms. The van der Waals surface area contributed by atoms with Gasteiger partial charge in [-0.3, -0.25) is 4.79 Å². The van der Waals surface area contributed by atoms with Crippen LogP contribution in [0.1, 0.15) is 46.5 Å². The van der Waals surface area contributed by atoms with Gasteiger partial charge in [0, 0.05) is 7.05 Å². The highest BCUT2D eigenvalue weighted by Crippen LogP contribution is 2.32. The second-order valence-electron chi connectivity index (χ2n) is 6.09. The molecule has 1 rings (SSSR count). The normalized spacial score (nSPS) is 28.8. The van der Waals surface area contributed by atoms with Crippen LogP contribution in [-0.4, -0.2) is 40.0 Å². The van der Waals surface area contributed by atoms with Gasteiger partial charge in [-0.2, -0.15) is 0 Å². The van der Waals surface area contributed by atoms with E-state index in [2.05, 4.69) is 6.92 Å². The maximum absolute atomic E-state index is 12.5. The Morgan fingerprint density at radius 3 is 2.44 bits per heavy atom. The van der Waals surface area contributed by atoms with Gasteiger partial charge in [0.1, 0.15) is 5.54 Å². The molecular formula is C13H24N2O3. The SMILES string of the molecule is CC1CCCC(N)(C(=O)N(C)C(C)(C)C(=O)O)C1. The fraction of sp³-hybridized carbons (Fsp3) is 0.846. The summed E-state index contributed by atoms with van der Waals surface area (Å²) in [6.07, 6.45) is 3.27. The maximum atomic E-state index is 12.5. The van der Waals surface area contributed by atoms with Crippen LogP contribution in [0.3, 0.4) is 0 Å². The summed E-state index contributed by atoms with van der Waals surface area (Å²) in [7, 11) is 1.52. The zero-order chi connectivity index (χ0) is 14.1. The van der Waals surface area contributed by atoms with Gasteiger partial charge in [0.25, 0.3) is 0 Å². The monoisotopic (exact) mass is 256 g/mol. The van der Waals surface area contributed by atoms with E-state index in [0.717, 1.165) is 12.8 Å². The summed E-state index contributed by atoms with van der Waals surface area (Å²) in [5.74, 6) is -0.874. The lowest BCUT2D eigenvalue weighted by molar-refractivity contribution is -0.158. The van der Waals surface area contributed by atoms with Gasteiger partial charge in [0.2, 0.25) is 5.91 Å². The van der Waals surface area contributed by atoms with Crippen LogP contribution in [0, 0.1) is 5.92 Å². The third-order valence-electron chi connectivity index (χ3n) is 4.12. The minimum atomic E-state index is -1.23. The molecule has 0 aliphatic heterocycles. The molecular weight excluding hydrogens is 232 g/mol. The van der Waals surface area contributed by atoms with E-state index in [-0.39, 0.29) is 5.91 Å². The van der Waals surface area contributed by atoms with E-state index in [9.17, 15) is 9.59 Å². The van der Waals surface area contributed by atoms with Gasteiger partial charge in [-0.1, -0.05) is 19.8 Å². The first-order valence-electron chi connectivity index (χ1n) is 6.42. The molecule has 0 bridgehead atoms. The highest BCUT2D eigenvalue weighted by Gasteiger charge is 2.45. The van der Waals surface area contributed by atoms with E-state index >= 15 is 0 Å². The second-order valence-corrected chi connectivity index (χ2v) is 6.09. The molecule has 2 atom stereocenters. The van der Waals surface area contributed by atoms with Crippen LogP contribution in [0.4, 0.5) is 0 Å². The zero-order valence-electron chi connectivity index (χ0n) is 11.7. The molecule has 0 radical (unpaired) electrons. The van der Waals surface area contributed by atoms with Crippen LogP contribution in [0.15, 0.2) is 0 Å². The van der Waals surface area contributed by atoms with Gasteiger partial charge < -0.3 is 15.7 Å². The third-order valence-corrected chi connectivity index (χ3v) is 4.12. The van der Waals surface area contributed by atoms with Crippen molar-refractivity contribution >= 4 is 11.9 Å². The molecule has 1 aliphatic carbocycles. The first-order chi connectivity index (χ1) is 8.11. The standard InChI is InChI=1S/C13H24N2O3/c1-9-6-5-7-13(14,8-9)10(16)15(4)12(2,3)11(17)18/h9H,5-8,14H2,1-4H3,(H,17,18). The van der Waals surface area contributed by atoms with Gasteiger partial charge in [-0.05, 0) is 32.6 Å². The van der Waals surface area contributed by atoms with Crippen LogP contribution in [0.5, 0.6) is 0 Å². The summed E-state index contributed by atoms with van der Waals surface area (Å²) >= 11 is 0. The zero-order valence-corrected chi connectivity index (χ0v) is 11.7. The Kier molecular flexibility index (Phi) is 4.05. The Bertz CT molecular complexity index is 354.